The van der Waals surface area contributed by atoms with Crippen LogP contribution in [0.4, 0.5) is 14.5 Å². The number of hydrogen-bond donors (Lipinski definition) is 1. The average molecular weight is 442 g/mol. The van der Waals surface area contributed by atoms with Crippen LogP contribution in [0, 0.1) is 6.92 Å². The number of halogens is 2. The number of rotatable bonds is 6. The standard InChI is InChI=1S/C21H16F2N4O3S/c1-11-7-14(18-15(8-11)26-17(9-24-18)30-21(22)23)20-27-16(10-31-20)19(28)25-12-3-5-13(29-2)6-4-12/h3-10,21H,1-2H3,(H,25,28). The van der Waals surface area contributed by atoms with Gasteiger partial charge in [0.15, 0.2) is 0 Å². The summed E-state index contributed by atoms with van der Waals surface area (Å²) in [6, 6.07) is 10.5. The van der Waals surface area contributed by atoms with Gasteiger partial charge in [0.25, 0.3) is 5.91 Å². The summed E-state index contributed by atoms with van der Waals surface area (Å²) in [6.45, 7) is -1.14. The molecule has 0 aliphatic carbocycles. The van der Waals surface area contributed by atoms with Crippen molar-refractivity contribution < 1.29 is 23.0 Å². The molecular weight excluding hydrogens is 426 g/mol. The van der Waals surface area contributed by atoms with Crippen LogP contribution in [0.15, 0.2) is 48.0 Å². The van der Waals surface area contributed by atoms with Crippen molar-refractivity contribution in [1.29, 1.82) is 0 Å². The second-order valence-electron chi connectivity index (χ2n) is 6.49. The van der Waals surface area contributed by atoms with E-state index in [1.165, 1.54) is 11.3 Å². The quantitative estimate of drug-likeness (QED) is 0.456. The van der Waals surface area contributed by atoms with Crippen molar-refractivity contribution in [1.82, 2.24) is 15.0 Å². The number of hydrogen-bond acceptors (Lipinski definition) is 7. The van der Waals surface area contributed by atoms with E-state index in [9.17, 15) is 13.6 Å². The Balaban J connectivity index is 1.62. The maximum absolute atomic E-state index is 12.6. The monoisotopic (exact) mass is 442 g/mol. The van der Waals surface area contributed by atoms with Crippen LogP contribution in [0.3, 0.4) is 0 Å². The van der Waals surface area contributed by atoms with Gasteiger partial charge in [-0.25, -0.2) is 15.0 Å². The maximum atomic E-state index is 12.6. The molecule has 0 aliphatic rings. The highest BCUT2D eigenvalue weighted by Gasteiger charge is 2.16. The Morgan fingerprint density at radius 1 is 1.16 bits per heavy atom. The number of thiazole rings is 1. The van der Waals surface area contributed by atoms with E-state index in [0.717, 1.165) is 11.8 Å². The highest BCUT2D eigenvalue weighted by atomic mass is 32.1. The summed E-state index contributed by atoms with van der Waals surface area (Å²) in [5.74, 6) is 0.0598. The van der Waals surface area contributed by atoms with Crippen LogP contribution < -0.4 is 14.8 Å². The molecule has 2 heterocycles. The average Bonchev–Trinajstić information content (AvgIpc) is 3.23. The smallest absolute Gasteiger partial charge is 0.388 e. The van der Waals surface area contributed by atoms with Gasteiger partial charge < -0.3 is 14.8 Å². The van der Waals surface area contributed by atoms with E-state index in [1.807, 2.05) is 13.0 Å². The van der Waals surface area contributed by atoms with E-state index in [2.05, 4.69) is 25.0 Å². The molecule has 0 saturated heterocycles. The zero-order valence-corrected chi connectivity index (χ0v) is 17.2. The highest BCUT2D eigenvalue weighted by Crippen LogP contribution is 2.31. The van der Waals surface area contributed by atoms with Crippen molar-refractivity contribution >= 4 is 34.0 Å². The van der Waals surface area contributed by atoms with Gasteiger partial charge in [0.1, 0.15) is 16.5 Å². The molecular formula is C21H16F2N4O3S. The predicted octanol–water partition coefficient (Wildman–Crippen LogP) is 4.92. The Bertz CT molecular complexity index is 1250. The topological polar surface area (TPSA) is 86.2 Å². The van der Waals surface area contributed by atoms with E-state index < -0.39 is 6.61 Å². The number of ether oxygens (including phenoxy) is 2. The van der Waals surface area contributed by atoms with Crippen LogP contribution >= 0.6 is 11.3 Å². The number of methoxy groups -OCH3 is 1. The molecule has 4 aromatic rings. The number of carbonyl (C=O) groups excluding carboxylic acids is 1. The molecule has 31 heavy (non-hydrogen) atoms. The minimum absolute atomic E-state index is 0.246. The normalized spacial score (nSPS) is 11.0. The first kappa shape index (κ1) is 20.6. The van der Waals surface area contributed by atoms with Gasteiger partial charge in [-0.05, 0) is 48.9 Å². The number of nitrogens with one attached hydrogen (secondary N) is 1. The Hall–Kier alpha value is -3.66. The predicted molar refractivity (Wildman–Crippen MR) is 113 cm³/mol. The molecule has 158 valence electrons. The summed E-state index contributed by atoms with van der Waals surface area (Å²) in [6.07, 6.45) is 1.14. The zero-order chi connectivity index (χ0) is 22.0. The molecule has 1 N–H and O–H groups in total. The largest absolute Gasteiger partial charge is 0.497 e. The summed E-state index contributed by atoms with van der Waals surface area (Å²) < 4.78 is 34.4. The van der Waals surface area contributed by atoms with E-state index in [4.69, 9.17) is 4.74 Å². The second-order valence-corrected chi connectivity index (χ2v) is 7.35. The number of anilines is 1. The number of amides is 1. The number of nitrogens with zero attached hydrogens (tertiary/aromatic N) is 3. The lowest BCUT2D eigenvalue weighted by Crippen LogP contribution is -2.12. The number of benzene rings is 2. The van der Waals surface area contributed by atoms with Crippen molar-refractivity contribution in [2.24, 2.45) is 0 Å². The van der Waals surface area contributed by atoms with Crippen LogP contribution in [0.25, 0.3) is 21.6 Å². The molecule has 0 aliphatic heterocycles. The highest BCUT2D eigenvalue weighted by molar-refractivity contribution is 7.13. The van der Waals surface area contributed by atoms with E-state index in [0.29, 0.717) is 33.0 Å². The van der Waals surface area contributed by atoms with E-state index in [-0.39, 0.29) is 17.5 Å². The number of aryl methyl sites for hydroxylation is 1. The molecule has 0 unspecified atom stereocenters. The van der Waals surface area contributed by atoms with E-state index in [1.54, 1.807) is 42.8 Å². The van der Waals surface area contributed by atoms with E-state index >= 15 is 0 Å². The van der Waals surface area contributed by atoms with Gasteiger partial charge in [0.2, 0.25) is 5.88 Å². The Labute approximate surface area is 179 Å². The van der Waals surface area contributed by atoms with Crippen molar-refractivity contribution in [3.63, 3.8) is 0 Å². The lowest BCUT2D eigenvalue weighted by atomic mass is 10.1. The third kappa shape index (κ3) is 4.58. The third-order valence-corrected chi connectivity index (χ3v) is 5.17. The molecule has 0 radical (unpaired) electrons. The maximum Gasteiger partial charge on any atom is 0.388 e. The van der Waals surface area contributed by atoms with Crippen LogP contribution in [-0.2, 0) is 0 Å². The Morgan fingerprint density at radius 2 is 1.94 bits per heavy atom. The fourth-order valence-electron chi connectivity index (χ4n) is 2.93. The zero-order valence-electron chi connectivity index (χ0n) is 16.4. The summed E-state index contributed by atoms with van der Waals surface area (Å²) in [7, 11) is 1.57. The Kier molecular flexibility index (Phi) is 5.72. The second kappa shape index (κ2) is 8.60. The first-order valence-corrected chi connectivity index (χ1v) is 9.94. The summed E-state index contributed by atoms with van der Waals surface area (Å²) in [5, 5.41) is 4.99. The lowest BCUT2D eigenvalue weighted by Gasteiger charge is -2.07. The van der Waals surface area contributed by atoms with Crippen LogP contribution in [0.1, 0.15) is 16.1 Å². The molecule has 1 amide bonds. The van der Waals surface area contributed by atoms with Gasteiger partial charge in [-0.1, -0.05) is 0 Å². The first-order chi connectivity index (χ1) is 14.9. The minimum atomic E-state index is -2.98. The van der Waals surface area contributed by atoms with Gasteiger partial charge in [-0.15, -0.1) is 11.3 Å². The number of alkyl halides is 2. The van der Waals surface area contributed by atoms with Crippen molar-refractivity contribution in [2.45, 2.75) is 13.5 Å². The van der Waals surface area contributed by atoms with Crippen molar-refractivity contribution in [3.05, 3.63) is 59.2 Å². The summed E-state index contributed by atoms with van der Waals surface area (Å²) in [5.41, 5.74) is 3.22. The molecule has 2 aromatic carbocycles. The molecule has 0 atom stereocenters. The molecule has 2 aromatic heterocycles. The van der Waals surface area contributed by atoms with Crippen molar-refractivity contribution in [3.8, 4) is 22.2 Å². The minimum Gasteiger partial charge on any atom is -0.497 e. The molecule has 0 spiro atoms. The van der Waals surface area contributed by atoms with Gasteiger partial charge in [-0.2, -0.15) is 8.78 Å². The molecule has 0 saturated carbocycles. The van der Waals surface area contributed by atoms with Gasteiger partial charge in [0, 0.05) is 16.6 Å². The first-order valence-electron chi connectivity index (χ1n) is 9.06. The molecule has 0 bridgehead atoms. The molecule has 10 heteroatoms. The van der Waals surface area contributed by atoms with Crippen LogP contribution in [0.5, 0.6) is 11.6 Å². The fraction of sp³-hybridized carbons (Fsp3) is 0.143. The Morgan fingerprint density at radius 3 is 2.65 bits per heavy atom. The summed E-state index contributed by atoms with van der Waals surface area (Å²) in [4.78, 5) is 25.3. The third-order valence-electron chi connectivity index (χ3n) is 4.29. The molecule has 4 rings (SSSR count). The fourth-order valence-corrected chi connectivity index (χ4v) is 3.75. The SMILES string of the molecule is COc1ccc(NC(=O)c2csc(-c3cc(C)cc4nc(OC(F)F)cnc34)n2)cc1. The van der Waals surface area contributed by atoms with Gasteiger partial charge >= 0.3 is 6.61 Å². The summed E-state index contributed by atoms with van der Waals surface area (Å²) >= 11 is 1.28. The van der Waals surface area contributed by atoms with Crippen LogP contribution in [-0.4, -0.2) is 34.6 Å². The number of aromatic nitrogens is 3. The number of carbonyl (C=O) groups is 1. The molecule has 0 fully saturated rings. The van der Waals surface area contributed by atoms with Crippen molar-refractivity contribution in [2.75, 3.05) is 12.4 Å². The molecule has 7 nitrogen and oxygen atoms in total. The van der Waals surface area contributed by atoms with Crippen LogP contribution in [0.2, 0.25) is 0 Å². The van der Waals surface area contributed by atoms with Gasteiger partial charge in [-0.3, -0.25) is 4.79 Å². The van der Waals surface area contributed by atoms with Gasteiger partial charge in [0.05, 0.1) is 24.3 Å². The number of fused-ring (bicyclic) bond motifs is 1. The lowest BCUT2D eigenvalue weighted by molar-refractivity contribution is -0.0528.